The van der Waals surface area contributed by atoms with E-state index in [9.17, 15) is 4.79 Å². The van der Waals surface area contributed by atoms with Crippen LogP contribution in [0.5, 0.6) is 0 Å². The van der Waals surface area contributed by atoms with E-state index in [2.05, 4.69) is 6.92 Å². The minimum absolute atomic E-state index is 0.166. The fraction of sp³-hybridized carbons (Fsp3) is 0.833. The Hall–Kier alpha value is -0.590. The maximum Gasteiger partial charge on any atom is 0.152 e. The van der Waals surface area contributed by atoms with Gasteiger partial charge in [-0.2, -0.15) is 0 Å². The molecule has 0 atom stereocenters. The summed E-state index contributed by atoms with van der Waals surface area (Å²) in [4.78, 5) is 10.7. The van der Waals surface area contributed by atoms with Crippen LogP contribution in [-0.2, 0) is 4.79 Å². The van der Waals surface area contributed by atoms with Gasteiger partial charge in [0.1, 0.15) is 0 Å². The number of ketones is 1. The van der Waals surface area contributed by atoms with E-state index >= 15 is 0 Å². The molecule has 112 valence electrons. The van der Waals surface area contributed by atoms with E-state index in [1.807, 2.05) is 6.08 Å². The number of allylic oxidation sites excluding steroid dienone is 2. The molecule has 0 fully saturated rings. The minimum Gasteiger partial charge on any atom is -0.295 e. The van der Waals surface area contributed by atoms with Gasteiger partial charge in [-0.05, 0) is 25.8 Å². The van der Waals surface area contributed by atoms with Gasteiger partial charge in [0.2, 0.25) is 0 Å². The molecule has 1 nitrogen and oxygen atoms in total. The third-order valence-electron chi connectivity index (χ3n) is 3.58. The molecule has 0 N–H and O–H groups in total. The van der Waals surface area contributed by atoms with Gasteiger partial charge in [0, 0.05) is 0 Å². The van der Waals surface area contributed by atoms with E-state index in [1.165, 1.54) is 77.0 Å². The smallest absolute Gasteiger partial charge is 0.152 e. The summed E-state index contributed by atoms with van der Waals surface area (Å²) < 4.78 is 0. The molecule has 0 heterocycles. The standard InChI is InChI=1S/C18H34O/c1-3-4-5-6-7-8-9-10-11-12-13-14-15-16-17-18(2)19/h16-17H,3-15H2,1-2H3. The highest BCUT2D eigenvalue weighted by molar-refractivity contribution is 5.87. The van der Waals surface area contributed by atoms with Crippen LogP contribution in [0.3, 0.4) is 0 Å². The number of unbranched alkanes of at least 4 members (excludes halogenated alkanes) is 12. The predicted octanol–water partition coefficient (Wildman–Crippen LogP) is 6.22. The lowest BCUT2D eigenvalue weighted by atomic mass is 10.0. The Morgan fingerprint density at radius 2 is 1.16 bits per heavy atom. The van der Waals surface area contributed by atoms with Crippen LogP contribution in [0.15, 0.2) is 12.2 Å². The summed E-state index contributed by atoms with van der Waals surface area (Å²) in [6, 6.07) is 0. The van der Waals surface area contributed by atoms with E-state index in [4.69, 9.17) is 0 Å². The molecule has 0 rings (SSSR count). The summed E-state index contributed by atoms with van der Waals surface area (Å²) in [5.74, 6) is 0.166. The van der Waals surface area contributed by atoms with Gasteiger partial charge in [-0.15, -0.1) is 0 Å². The lowest BCUT2D eigenvalue weighted by molar-refractivity contribution is -0.112. The van der Waals surface area contributed by atoms with Crippen LogP contribution in [0.25, 0.3) is 0 Å². The highest BCUT2D eigenvalue weighted by atomic mass is 16.1. The molecule has 0 aliphatic heterocycles. The number of carbonyl (C=O) groups excluding carboxylic acids is 1. The molecule has 0 aromatic rings. The zero-order valence-corrected chi connectivity index (χ0v) is 13.3. The monoisotopic (exact) mass is 266 g/mol. The molecule has 0 saturated heterocycles. The molecule has 0 aromatic carbocycles. The topological polar surface area (TPSA) is 17.1 Å². The largest absolute Gasteiger partial charge is 0.295 e. The van der Waals surface area contributed by atoms with Crippen LogP contribution in [0, 0.1) is 0 Å². The summed E-state index contributed by atoms with van der Waals surface area (Å²) in [6.07, 6.45) is 21.4. The van der Waals surface area contributed by atoms with Crippen LogP contribution in [0.1, 0.15) is 97.3 Å². The number of rotatable bonds is 14. The SMILES string of the molecule is CCCCCCCCCCCCCCC=CC(C)=O. The van der Waals surface area contributed by atoms with Crippen LogP contribution >= 0.6 is 0 Å². The highest BCUT2D eigenvalue weighted by Crippen LogP contribution is 2.12. The van der Waals surface area contributed by atoms with Crippen LogP contribution < -0.4 is 0 Å². The van der Waals surface area contributed by atoms with Crippen molar-refractivity contribution in [3.63, 3.8) is 0 Å². The molecule has 19 heavy (non-hydrogen) atoms. The van der Waals surface area contributed by atoms with Crippen LogP contribution in [-0.4, -0.2) is 5.78 Å². The Bertz CT molecular complexity index is 218. The van der Waals surface area contributed by atoms with Crippen molar-refractivity contribution in [3.05, 3.63) is 12.2 Å². The maximum atomic E-state index is 10.7. The first-order valence-electron chi connectivity index (χ1n) is 8.44. The summed E-state index contributed by atoms with van der Waals surface area (Å²) in [5, 5.41) is 0. The van der Waals surface area contributed by atoms with Gasteiger partial charge in [-0.1, -0.05) is 83.6 Å². The second-order valence-electron chi connectivity index (χ2n) is 5.69. The van der Waals surface area contributed by atoms with Crippen molar-refractivity contribution in [1.82, 2.24) is 0 Å². The molecule has 0 amide bonds. The Balaban J connectivity index is 3.01. The van der Waals surface area contributed by atoms with Gasteiger partial charge in [-0.25, -0.2) is 0 Å². The van der Waals surface area contributed by atoms with Gasteiger partial charge < -0.3 is 0 Å². The Morgan fingerprint density at radius 3 is 1.58 bits per heavy atom. The van der Waals surface area contributed by atoms with Crippen LogP contribution in [0.4, 0.5) is 0 Å². The predicted molar refractivity (Wildman–Crippen MR) is 85.5 cm³/mol. The van der Waals surface area contributed by atoms with E-state index < -0.39 is 0 Å². The third kappa shape index (κ3) is 17.4. The molecule has 0 aromatic heterocycles. The van der Waals surface area contributed by atoms with E-state index in [0.717, 1.165) is 6.42 Å². The van der Waals surface area contributed by atoms with Crippen molar-refractivity contribution in [2.75, 3.05) is 0 Å². The number of carbonyl (C=O) groups is 1. The van der Waals surface area contributed by atoms with E-state index in [0.29, 0.717) is 0 Å². The van der Waals surface area contributed by atoms with E-state index in [-0.39, 0.29) is 5.78 Å². The maximum absolute atomic E-state index is 10.7. The molecular formula is C18H34O. The number of hydrogen-bond acceptors (Lipinski definition) is 1. The molecule has 0 aliphatic carbocycles. The van der Waals surface area contributed by atoms with Crippen molar-refractivity contribution in [3.8, 4) is 0 Å². The van der Waals surface area contributed by atoms with Gasteiger partial charge in [0.15, 0.2) is 5.78 Å². The van der Waals surface area contributed by atoms with E-state index in [1.54, 1.807) is 13.0 Å². The molecule has 0 unspecified atom stereocenters. The van der Waals surface area contributed by atoms with Crippen molar-refractivity contribution in [1.29, 1.82) is 0 Å². The molecule has 0 bridgehead atoms. The van der Waals surface area contributed by atoms with Crippen molar-refractivity contribution in [2.24, 2.45) is 0 Å². The zero-order valence-electron chi connectivity index (χ0n) is 13.3. The van der Waals surface area contributed by atoms with Crippen molar-refractivity contribution in [2.45, 2.75) is 97.3 Å². The summed E-state index contributed by atoms with van der Waals surface area (Å²) in [7, 11) is 0. The second-order valence-corrected chi connectivity index (χ2v) is 5.69. The second kappa shape index (κ2) is 15.5. The normalized spacial score (nSPS) is 11.3. The van der Waals surface area contributed by atoms with Gasteiger partial charge >= 0.3 is 0 Å². The molecule has 0 aliphatic rings. The van der Waals surface area contributed by atoms with Crippen molar-refractivity contribution >= 4 is 5.78 Å². The van der Waals surface area contributed by atoms with Crippen LogP contribution in [0.2, 0.25) is 0 Å². The highest BCUT2D eigenvalue weighted by Gasteiger charge is 1.93. The van der Waals surface area contributed by atoms with Crippen molar-refractivity contribution < 1.29 is 4.79 Å². The van der Waals surface area contributed by atoms with Gasteiger partial charge in [0.05, 0.1) is 0 Å². The molecule has 0 radical (unpaired) electrons. The summed E-state index contributed by atoms with van der Waals surface area (Å²) in [6.45, 7) is 3.88. The Kier molecular flexibility index (Phi) is 15.0. The summed E-state index contributed by atoms with van der Waals surface area (Å²) in [5.41, 5.74) is 0. The average molecular weight is 266 g/mol. The fourth-order valence-corrected chi connectivity index (χ4v) is 2.35. The average Bonchev–Trinajstić information content (AvgIpc) is 2.39. The minimum atomic E-state index is 0.166. The van der Waals surface area contributed by atoms with Gasteiger partial charge in [-0.3, -0.25) is 4.79 Å². The first-order chi connectivity index (χ1) is 9.27. The summed E-state index contributed by atoms with van der Waals surface area (Å²) >= 11 is 0. The molecule has 1 heteroatoms. The lowest BCUT2D eigenvalue weighted by Crippen LogP contribution is -1.83. The lowest BCUT2D eigenvalue weighted by Gasteiger charge is -2.02. The molecular weight excluding hydrogens is 232 g/mol. The quantitative estimate of drug-likeness (QED) is 0.269. The first kappa shape index (κ1) is 18.4. The Morgan fingerprint density at radius 1 is 0.737 bits per heavy atom. The Labute approximate surface area is 120 Å². The number of hydrogen-bond donors (Lipinski definition) is 0. The third-order valence-corrected chi connectivity index (χ3v) is 3.58. The fourth-order valence-electron chi connectivity index (χ4n) is 2.35. The molecule has 0 saturated carbocycles. The zero-order chi connectivity index (χ0) is 14.2. The van der Waals surface area contributed by atoms with Gasteiger partial charge in [0.25, 0.3) is 0 Å². The molecule has 0 spiro atoms. The first-order valence-corrected chi connectivity index (χ1v) is 8.44.